The number of alkyl halides is 3. The molecule has 0 bridgehead atoms. The average Bonchev–Trinajstić information content (AvgIpc) is 1.97. The van der Waals surface area contributed by atoms with E-state index in [0.29, 0.717) is 8.95 Å². The van der Waals surface area contributed by atoms with Crippen molar-refractivity contribution in [3.63, 3.8) is 0 Å². The Kier molecular flexibility index (Phi) is 3.35. The van der Waals surface area contributed by atoms with Crippen LogP contribution < -0.4 is 0 Å². The van der Waals surface area contributed by atoms with Crippen LogP contribution in [0, 0.1) is 0 Å². The van der Waals surface area contributed by atoms with Gasteiger partial charge in [-0.1, -0.05) is 0 Å². The van der Waals surface area contributed by atoms with Crippen LogP contribution in [0.1, 0.15) is 5.56 Å². The fourth-order valence-corrected chi connectivity index (χ4v) is 1.84. The van der Waals surface area contributed by atoms with Crippen molar-refractivity contribution in [2.75, 3.05) is 0 Å². The lowest BCUT2D eigenvalue weighted by molar-refractivity contribution is -0.137. The van der Waals surface area contributed by atoms with Gasteiger partial charge in [0.25, 0.3) is 0 Å². The van der Waals surface area contributed by atoms with Crippen molar-refractivity contribution < 1.29 is 13.2 Å². The molecule has 0 aromatic heterocycles. The van der Waals surface area contributed by atoms with E-state index >= 15 is 0 Å². The van der Waals surface area contributed by atoms with Gasteiger partial charge in [0.15, 0.2) is 0 Å². The molecule has 0 aliphatic rings. The molecule has 0 spiro atoms. The largest absolute Gasteiger partial charge is 0.416 e. The summed E-state index contributed by atoms with van der Waals surface area (Å²) in [6.45, 7) is 0. The van der Waals surface area contributed by atoms with Crippen molar-refractivity contribution in [2.45, 2.75) is 11.1 Å². The highest BCUT2D eigenvalue weighted by Crippen LogP contribution is 2.37. The smallest absolute Gasteiger partial charge is 0.166 e. The quantitative estimate of drug-likeness (QED) is 0.662. The van der Waals surface area contributed by atoms with Crippen molar-refractivity contribution in [2.24, 2.45) is 0 Å². The minimum absolute atomic E-state index is 0.252. The molecule has 0 heterocycles. The molecule has 0 saturated carbocycles. The number of thiol groups is 1. The highest BCUT2D eigenvalue weighted by molar-refractivity contribution is 9.13. The molecule has 0 aliphatic heterocycles. The van der Waals surface area contributed by atoms with Crippen molar-refractivity contribution in [1.29, 1.82) is 0 Å². The molecule has 0 fully saturated rings. The average molecular weight is 336 g/mol. The molecular formula is C7H3Br2F3S. The number of rotatable bonds is 0. The Hall–Kier alpha value is 0.320. The zero-order valence-electron chi connectivity index (χ0n) is 5.99. The first-order valence-corrected chi connectivity index (χ1v) is 5.11. The van der Waals surface area contributed by atoms with Crippen molar-refractivity contribution >= 4 is 44.5 Å². The van der Waals surface area contributed by atoms with Gasteiger partial charge in [-0.15, -0.1) is 12.6 Å². The third-order valence-corrected chi connectivity index (χ3v) is 4.01. The Morgan fingerprint density at radius 1 is 1.15 bits per heavy atom. The summed E-state index contributed by atoms with van der Waals surface area (Å²) in [5.74, 6) is 0. The number of halogens is 5. The van der Waals surface area contributed by atoms with Crippen LogP contribution in [0.4, 0.5) is 13.2 Å². The Balaban J connectivity index is 3.29. The second-order valence-electron chi connectivity index (χ2n) is 2.29. The topological polar surface area (TPSA) is 0 Å². The monoisotopic (exact) mass is 334 g/mol. The molecule has 0 radical (unpaired) electrons. The highest BCUT2D eigenvalue weighted by Gasteiger charge is 2.31. The maximum absolute atomic E-state index is 12.2. The van der Waals surface area contributed by atoms with Gasteiger partial charge in [0.05, 0.1) is 5.56 Å². The fourth-order valence-electron chi connectivity index (χ4n) is 0.738. The van der Waals surface area contributed by atoms with E-state index in [1.165, 1.54) is 0 Å². The van der Waals surface area contributed by atoms with Crippen LogP contribution in [-0.2, 0) is 6.18 Å². The van der Waals surface area contributed by atoms with Crippen LogP contribution in [0.25, 0.3) is 0 Å². The molecule has 1 rings (SSSR count). The second kappa shape index (κ2) is 3.82. The molecule has 0 aliphatic carbocycles. The molecular weight excluding hydrogens is 333 g/mol. The molecule has 1 aromatic rings. The molecule has 0 unspecified atom stereocenters. The van der Waals surface area contributed by atoms with Gasteiger partial charge >= 0.3 is 6.18 Å². The maximum atomic E-state index is 12.2. The van der Waals surface area contributed by atoms with Gasteiger partial charge in [-0.05, 0) is 44.0 Å². The highest BCUT2D eigenvalue weighted by atomic mass is 79.9. The van der Waals surface area contributed by atoms with Gasteiger partial charge in [-0.2, -0.15) is 13.2 Å². The van der Waals surface area contributed by atoms with E-state index in [1.807, 2.05) is 0 Å². The Bertz CT molecular complexity index is 312. The lowest BCUT2D eigenvalue weighted by atomic mass is 10.2. The minimum atomic E-state index is -4.33. The van der Waals surface area contributed by atoms with Crippen molar-refractivity contribution in [3.05, 3.63) is 26.6 Å². The summed E-state index contributed by atoms with van der Waals surface area (Å²) in [6, 6.07) is 1.97. The predicted octanol–water partition coefficient (Wildman–Crippen LogP) is 4.52. The zero-order chi connectivity index (χ0) is 10.2. The predicted molar refractivity (Wildman–Crippen MR) is 54.1 cm³/mol. The van der Waals surface area contributed by atoms with Crippen LogP contribution in [-0.4, -0.2) is 0 Å². The molecule has 72 valence electrons. The standard InChI is InChI=1S/C7H3Br2F3S/c8-4-1-3(7(10,11)12)2-5(13)6(4)9/h1-2,13H. The summed E-state index contributed by atoms with van der Waals surface area (Å²) in [4.78, 5) is 0.252. The van der Waals surface area contributed by atoms with Crippen LogP contribution in [0.3, 0.4) is 0 Å². The Morgan fingerprint density at radius 3 is 2.08 bits per heavy atom. The summed E-state index contributed by atoms with van der Waals surface area (Å²) >= 11 is 9.98. The first-order valence-electron chi connectivity index (χ1n) is 3.07. The van der Waals surface area contributed by atoms with Gasteiger partial charge in [0.2, 0.25) is 0 Å². The summed E-state index contributed by atoms with van der Waals surface area (Å²) in [7, 11) is 0. The van der Waals surface area contributed by atoms with Crippen molar-refractivity contribution in [1.82, 2.24) is 0 Å². The fraction of sp³-hybridized carbons (Fsp3) is 0.143. The lowest BCUT2D eigenvalue weighted by Gasteiger charge is -2.09. The Labute approximate surface area is 95.2 Å². The summed E-state index contributed by atoms with van der Waals surface area (Å²) in [5.41, 5.74) is -0.715. The SMILES string of the molecule is FC(F)(F)c1cc(S)c(Br)c(Br)c1. The normalized spacial score (nSPS) is 11.8. The van der Waals surface area contributed by atoms with Crippen LogP contribution in [0.15, 0.2) is 26.0 Å². The molecule has 0 amide bonds. The van der Waals surface area contributed by atoms with Crippen LogP contribution >= 0.6 is 44.5 Å². The lowest BCUT2D eigenvalue weighted by Crippen LogP contribution is -2.04. The van der Waals surface area contributed by atoms with Gasteiger partial charge < -0.3 is 0 Å². The molecule has 13 heavy (non-hydrogen) atoms. The van der Waals surface area contributed by atoms with Crippen LogP contribution in [0.2, 0.25) is 0 Å². The van der Waals surface area contributed by atoms with Crippen LogP contribution in [0.5, 0.6) is 0 Å². The summed E-state index contributed by atoms with van der Waals surface area (Å²) < 4.78 is 37.5. The van der Waals surface area contributed by atoms with E-state index in [-0.39, 0.29) is 4.90 Å². The third kappa shape index (κ3) is 2.63. The third-order valence-electron chi connectivity index (χ3n) is 1.34. The van der Waals surface area contributed by atoms with E-state index in [9.17, 15) is 13.2 Å². The van der Waals surface area contributed by atoms with Gasteiger partial charge in [-0.3, -0.25) is 0 Å². The van der Waals surface area contributed by atoms with E-state index in [4.69, 9.17) is 0 Å². The first-order chi connectivity index (χ1) is 5.82. The molecule has 6 heteroatoms. The van der Waals surface area contributed by atoms with E-state index in [2.05, 4.69) is 44.5 Å². The van der Waals surface area contributed by atoms with Crippen molar-refractivity contribution in [3.8, 4) is 0 Å². The van der Waals surface area contributed by atoms with E-state index in [1.54, 1.807) is 0 Å². The van der Waals surface area contributed by atoms with Gasteiger partial charge in [-0.25, -0.2) is 0 Å². The summed E-state index contributed by atoms with van der Waals surface area (Å²) in [5, 5.41) is 0. The second-order valence-corrected chi connectivity index (χ2v) is 4.42. The molecule has 0 N–H and O–H groups in total. The van der Waals surface area contributed by atoms with E-state index in [0.717, 1.165) is 12.1 Å². The van der Waals surface area contributed by atoms with Gasteiger partial charge in [0, 0.05) is 13.8 Å². The van der Waals surface area contributed by atoms with E-state index < -0.39 is 11.7 Å². The maximum Gasteiger partial charge on any atom is 0.416 e. The Morgan fingerprint density at radius 2 is 1.69 bits per heavy atom. The molecule has 0 nitrogen and oxygen atoms in total. The number of benzene rings is 1. The van der Waals surface area contributed by atoms with Gasteiger partial charge in [0.1, 0.15) is 0 Å². The minimum Gasteiger partial charge on any atom is -0.166 e. The molecule has 0 saturated heterocycles. The number of hydrogen-bond donors (Lipinski definition) is 1. The zero-order valence-corrected chi connectivity index (χ0v) is 10.1. The molecule has 1 aromatic carbocycles. The molecule has 0 atom stereocenters. The first kappa shape index (κ1) is 11.4. The summed E-state index contributed by atoms with van der Waals surface area (Å²) in [6.07, 6.45) is -4.33. The number of hydrogen-bond acceptors (Lipinski definition) is 1.